The Morgan fingerprint density at radius 3 is 2.16 bits per heavy atom. The number of nitrogens with zero attached hydrogens (tertiary/aromatic N) is 1. The molecule has 0 bridgehead atoms. The van der Waals surface area contributed by atoms with Gasteiger partial charge in [-0.2, -0.15) is 0 Å². The minimum Gasteiger partial charge on any atom is -0.378 e. The number of nitrogens with one attached hydrogen (secondary N) is 5. The Morgan fingerprint density at radius 2 is 1.55 bits per heavy atom. The molecule has 7 N–H and O–H groups in total. The summed E-state index contributed by atoms with van der Waals surface area (Å²) in [6.07, 6.45) is 13.5. The molecule has 5 unspecified atom stereocenters. The van der Waals surface area contributed by atoms with Gasteiger partial charge in [0, 0.05) is 45.0 Å². The molecule has 2 heterocycles. The lowest BCUT2D eigenvalue weighted by molar-refractivity contribution is -0.147. The van der Waals surface area contributed by atoms with Gasteiger partial charge in [0.2, 0.25) is 23.6 Å². The number of ether oxygens (including phenoxy) is 2. The van der Waals surface area contributed by atoms with Crippen LogP contribution in [-0.4, -0.2) is 111 Å². The zero-order valence-corrected chi connectivity index (χ0v) is 34.7. The van der Waals surface area contributed by atoms with Crippen molar-refractivity contribution >= 4 is 23.6 Å². The Labute approximate surface area is 331 Å². The summed E-state index contributed by atoms with van der Waals surface area (Å²) in [6.45, 7) is 15.2. The van der Waals surface area contributed by atoms with Crippen molar-refractivity contribution in [3.63, 3.8) is 0 Å². The molecular weight excluding hydrogens is 699 g/mol. The number of hydrogen-bond acceptors (Lipinski definition) is 9. The van der Waals surface area contributed by atoms with Gasteiger partial charge < -0.3 is 46.7 Å². The van der Waals surface area contributed by atoms with Crippen LogP contribution in [0.4, 0.5) is 0 Å². The molecule has 4 aliphatic rings. The van der Waals surface area contributed by atoms with Gasteiger partial charge in [0.15, 0.2) is 0 Å². The van der Waals surface area contributed by atoms with Crippen molar-refractivity contribution in [1.29, 1.82) is 0 Å². The highest BCUT2D eigenvalue weighted by molar-refractivity contribution is 5.93. The predicted molar refractivity (Wildman–Crippen MR) is 216 cm³/mol. The van der Waals surface area contributed by atoms with Gasteiger partial charge in [-0.15, -0.1) is 0 Å². The first-order valence-corrected chi connectivity index (χ1v) is 21.6. The molecule has 13 heteroatoms. The fourth-order valence-corrected chi connectivity index (χ4v) is 9.06. The molecular formula is C42H75N7O6. The third kappa shape index (κ3) is 12.9. The van der Waals surface area contributed by atoms with Gasteiger partial charge in [-0.05, 0) is 62.7 Å². The predicted octanol–water partition coefficient (Wildman–Crippen LogP) is 3.51. The van der Waals surface area contributed by atoms with Crippen LogP contribution >= 0.6 is 0 Å². The van der Waals surface area contributed by atoms with E-state index >= 15 is 0 Å². The van der Waals surface area contributed by atoms with E-state index in [4.69, 9.17) is 15.2 Å². The average molecular weight is 774 g/mol. The monoisotopic (exact) mass is 774 g/mol. The highest BCUT2D eigenvalue weighted by Crippen LogP contribution is 2.48. The Kier molecular flexibility index (Phi) is 18.2. The van der Waals surface area contributed by atoms with E-state index in [-0.39, 0.29) is 55.3 Å². The molecule has 55 heavy (non-hydrogen) atoms. The molecule has 4 rings (SSSR count). The number of hydrogen-bond donors (Lipinski definition) is 6. The number of unbranched alkanes of at least 4 members (excludes halogenated alkanes) is 3. The lowest BCUT2D eigenvalue weighted by atomic mass is 9.59. The van der Waals surface area contributed by atoms with E-state index < -0.39 is 36.2 Å². The van der Waals surface area contributed by atoms with Crippen LogP contribution < -0.4 is 32.3 Å². The Bertz CT molecular complexity index is 1250. The molecule has 2 aliphatic heterocycles. The van der Waals surface area contributed by atoms with E-state index in [9.17, 15) is 19.2 Å². The van der Waals surface area contributed by atoms with Crippen LogP contribution in [0.2, 0.25) is 0 Å². The summed E-state index contributed by atoms with van der Waals surface area (Å²) in [4.78, 5) is 58.2. The van der Waals surface area contributed by atoms with Crippen molar-refractivity contribution in [2.45, 2.75) is 160 Å². The van der Waals surface area contributed by atoms with Gasteiger partial charge >= 0.3 is 0 Å². The molecule has 2 saturated carbocycles. The lowest BCUT2D eigenvalue weighted by Gasteiger charge is -2.54. The van der Waals surface area contributed by atoms with E-state index in [0.29, 0.717) is 42.9 Å². The lowest BCUT2D eigenvalue weighted by Crippen LogP contribution is -2.61. The standard InChI is InChI=1S/C42H75N7O6/c1-7-9-10-15-19-36-29(4)41(53)49(6)35(16-8-2)39(51)48-37(32-17-13-11-12-14-18-32)40(52)47-33(22-43)30(5)46-34(38(50)45-28(3)23-55-36)25-54-24-31-20-42(21-31)26-44-27-42/h28-29,31-37,44,46H,5,7-27,43H2,1-4,6H3,(H,45,50)(H,47,52)(H,48,51)/t28-,29?,33?,34?,35?,36-,37?/m1/s1. The number of carbonyl (C=O) groups is 4. The molecule has 2 aliphatic carbocycles. The quantitative estimate of drug-likeness (QED) is 0.121. The van der Waals surface area contributed by atoms with Crippen molar-refractivity contribution in [3.05, 3.63) is 12.3 Å². The Hall–Kier alpha value is -2.74. The van der Waals surface area contributed by atoms with Crippen molar-refractivity contribution in [3.8, 4) is 0 Å². The second kappa shape index (κ2) is 22.3. The number of carbonyl (C=O) groups excluding carboxylic acids is 4. The van der Waals surface area contributed by atoms with Gasteiger partial charge in [0.25, 0.3) is 0 Å². The summed E-state index contributed by atoms with van der Waals surface area (Å²) in [5.41, 5.74) is 7.07. The third-order valence-corrected chi connectivity index (χ3v) is 12.6. The molecule has 0 radical (unpaired) electrons. The molecule has 0 aromatic rings. The van der Waals surface area contributed by atoms with E-state index in [1.54, 1.807) is 11.9 Å². The zero-order valence-electron chi connectivity index (χ0n) is 34.7. The van der Waals surface area contributed by atoms with Gasteiger partial charge in [-0.3, -0.25) is 19.2 Å². The van der Waals surface area contributed by atoms with Crippen LogP contribution in [0, 0.1) is 23.2 Å². The second-order valence-corrected chi connectivity index (χ2v) is 17.3. The first kappa shape index (κ1) is 45.0. The van der Waals surface area contributed by atoms with Gasteiger partial charge in [0.1, 0.15) is 18.1 Å². The van der Waals surface area contributed by atoms with Crippen molar-refractivity contribution in [2.75, 3.05) is 46.5 Å². The molecule has 13 nitrogen and oxygen atoms in total. The highest BCUT2D eigenvalue weighted by atomic mass is 16.5. The largest absolute Gasteiger partial charge is 0.378 e. The molecule has 1 spiro atoms. The average Bonchev–Trinajstić information content (AvgIpc) is 3.42. The minimum absolute atomic E-state index is 0.0355. The van der Waals surface area contributed by atoms with E-state index in [0.717, 1.165) is 90.1 Å². The highest BCUT2D eigenvalue weighted by Gasteiger charge is 2.48. The summed E-state index contributed by atoms with van der Waals surface area (Å²) < 4.78 is 12.7. The van der Waals surface area contributed by atoms with Gasteiger partial charge in [0.05, 0.1) is 31.3 Å². The smallest absolute Gasteiger partial charge is 0.245 e. The summed E-state index contributed by atoms with van der Waals surface area (Å²) in [6, 6.07) is -3.44. The van der Waals surface area contributed by atoms with E-state index in [1.165, 1.54) is 0 Å². The maximum Gasteiger partial charge on any atom is 0.245 e. The number of amides is 4. The molecule has 4 amide bonds. The van der Waals surface area contributed by atoms with Crippen molar-refractivity contribution in [1.82, 2.24) is 31.5 Å². The van der Waals surface area contributed by atoms with Crippen molar-refractivity contribution < 1.29 is 28.7 Å². The van der Waals surface area contributed by atoms with Gasteiger partial charge in [-0.25, -0.2) is 0 Å². The fourth-order valence-electron chi connectivity index (χ4n) is 9.06. The van der Waals surface area contributed by atoms with Gasteiger partial charge in [-0.1, -0.05) is 85.1 Å². The van der Waals surface area contributed by atoms with E-state index in [1.807, 2.05) is 20.8 Å². The fraction of sp³-hybridized carbons (Fsp3) is 0.857. The maximum atomic E-state index is 14.3. The van der Waals surface area contributed by atoms with Crippen LogP contribution in [0.5, 0.6) is 0 Å². The summed E-state index contributed by atoms with van der Waals surface area (Å²) in [7, 11) is 1.69. The number of likely N-dealkylation sites (N-methyl/N-ethyl adjacent to an activating group) is 1. The molecule has 7 atom stereocenters. The Morgan fingerprint density at radius 1 is 0.836 bits per heavy atom. The third-order valence-electron chi connectivity index (χ3n) is 12.6. The zero-order chi connectivity index (χ0) is 40.0. The summed E-state index contributed by atoms with van der Waals surface area (Å²) >= 11 is 0. The normalized spacial score (nSPS) is 31.1. The molecule has 314 valence electrons. The SMILES string of the molecule is C=C1NC(COCC2CC3(CNC3)C2)C(=O)N[C@H](C)CO[C@H](CCCCCC)C(C)C(=O)N(C)C(CCC)C(=O)NC(C2CCCCCC2)C(=O)NC1CN. The summed E-state index contributed by atoms with van der Waals surface area (Å²) in [5, 5.41) is 15.9. The van der Waals surface area contributed by atoms with Crippen molar-refractivity contribution in [2.24, 2.45) is 28.9 Å². The van der Waals surface area contributed by atoms with Crippen LogP contribution in [-0.2, 0) is 28.7 Å². The van der Waals surface area contributed by atoms with E-state index in [2.05, 4.69) is 40.1 Å². The minimum atomic E-state index is -0.815. The van der Waals surface area contributed by atoms with Crippen LogP contribution in [0.15, 0.2) is 12.3 Å². The molecule has 4 fully saturated rings. The Balaban J connectivity index is 1.60. The second-order valence-electron chi connectivity index (χ2n) is 17.3. The number of rotatable bonds is 13. The molecule has 2 saturated heterocycles. The molecule has 0 aromatic carbocycles. The van der Waals surface area contributed by atoms with Crippen LogP contribution in [0.1, 0.15) is 124 Å². The first-order valence-electron chi connectivity index (χ1n) is 21.6. The maximum absolute atomic E-state index is 14.3. The van der Waals surface area contributed by atoms with Crippen LogP contribution in [0.3, 0.4) is 0 Å². The first-order chi connectivity index (χ1) is 26.4. The topological polar surface area (TPSA) is 176 Å². The number of nitrogens with two attached hydrogens (primary N) is 1. The van der Waals surface area contributed by atoms with Crippen LogP contribution in [0.25, 0.3) is 0 Å². The molecule has 0 aromatic heterocycles. The summed E-state index contributed by atoms with van der Waals surface area (Å²) in [5.74, 6) is -1.26.